The Labute approximate surface area is 115 Å². The molecule has 0 radical (unpaired) electrons. The molecule has 0 heterocycles. The van der Waals surface area contributed by atoms with Gasteiger partial charge in [0.05, 0.1) is 0 Å². The van der Waals surface area contributed by atoms with Gasteiger partial charge in [0.2, 0.25) is 0 Å². The van der Waals surface area contributed by atoms with Gasteiger partial charge >= 0.3 is 0 Å². The topological polar surface area (TPSA) is 0 Å². The van der Waals surface area contributed by atoms with Gasteiger partial charge in [0.1, 0.15) is 0 Å². The van der Waals surface area contributed by atoms with E-state index in [1.807, 2.05) is 0 Å². The van der Waals surface area contributed by atoms with Crippen LogP contribution < -0.4 is 0 Å². The molecule has 1 unspecified atom stereocenters. The molecule has 19 heavy (non-hydrogen) atoms. The average Bonchev–Trinajstić information content (AvgIpc) is 2.48. The molecule has 0 N–H and O–H groups in total. The summed E-state index contributed by atoms with van der Waals surface area (Å²) in [5.74, 6) is 0.545. The van der Waals surface area contributed by atoms with E-state index in [1.54, 1.807) is 0 Å². The normalized spacial score (nSPS) is 21.5. The highest BCUT2D eigenvalue weighted by molar-refractivity contribution is 5.69. The molecular weight excluding hydrogens is 228 g/mol. The maximum Gasteiger partial charge on any atom is 0.00560 e. The van der Waals surface area contributed by atoms with E-state index in [0.717, 1.165) is 6.42 Å². The first-order valence-electron chi connectivity index (χ1n) is 7.14. The Morgan fingerprint density at radius 3 is 2.68 bits per heavy atom. The van der Waals surface area contributed by atoms with Crippen LogP contribution in [0.4, 0.5) is 0 Å². The summed E-state index contributed by atoms with van der Waals surface area (Å²) in [4.78, 5) is 0. The zero-order valence-electron chi connectivity index (χ0n) is 11.5. The van der Waals surface area contributed by atoms with Gasteiger partial charge in [-0.15, -0.1) is 0 Å². The van der Waals surface area contributed by atoms with E-state index in [-0.39, 0.29) is 0 Å². The second kappa shape index (κ2) is 5.44. The van der Waals surface area contributed by atoms with Crippen molar-refractivity contribution in [3.05, 3.63) is 77.4 Å². The van der Waals surface area contributed by atoms with Gasteiger partial charge in [-0.1, -0.05) is 66.3 Å². The minimum absolute atomic E-state index is 0.545. The maximum absolute atomic E-state index is 2.38. The largest absolute Gasteiger partial charge is 0.0842 e. The molecule has 2 aliphatic carbocycles. The van der Waals surface area contributed by atoms with Crippen molar-refractivity contribution in [2.24, 2.45) is 0 Å². The summed E-state index contributed by atoms with van der Waals surface area (Å²) in [5, 5.41) is 0. The van der Waals surface area contributed by atoms with Crippen LogP contribution in [0.2, 0.25) is 0 Å². The van der Waals surface area contributed by atoms with Crippen molar-refractivity contribution in [3.63, 3.8) is 0 Å². The second-order valence-corrected chi connectivity index (χ2v) is 5.45. The molecule has 0 saturated heterocycles. The lowest BCUT2D eigenvalue weighted by molar-refractivity contribution is 0.851. The summed E-state index contributed by atoms with van der Waals surface area (Å²) >= 11 is 0. The molecule has 2 aliphatic rings. The highest BCUT2D eigenvalue weighted by Crippen LogP contribution is 2.30. The molecule has 96 valence electrons. The molecule has 0 nitrogen and oxygen atoms in total. The van der Waals surface area contributed by atoms with Gasteiger partial charge in [0.25, 0.3) is 0 Å². The third-order valence-corrected chi connectivity index (χ3v) is 3.89. The van der Waals surface area contributed by atoms with Gasteiger partial charge in [-0.05, 0) is 42.9 Å². The lowest BCUT2D eigenvalue weighted by Gasteiger charge is -2.17. The van der Waals surface area contributed by atoms with Crippen molar-refractivity contribution >= 4 is 5.57 Å². The molecule has 0 saturated carbocycles. The van der Waals surface area contributed by atoms with Crippen molar-refractivity contribution in [2.45, 2.75) is 32.1 Å². The zero-order valence-corrected chi connectivity index (χ0v) is 11.5. The third kappa shape index (κ3) is 2.78. The fourth-order valence-corrected chi connectivity index (χ4v) is 2.88. The van der Waals surface area contributed by atoms with Crippen LogP contribution in [0, 0.1) is 6.92 Å². The Morgan fingerprint density at radius 1 is 1.00 bits per heavy atom. The molecular formula is C19H20. The monoisotopic (exact) mass is 248 g/mol. The minimum atomic E-state index is 0.545. The molecule has 0 amide bonds. The maximum atomic E-state index is 2.38. The van der Waals surface area contributed by atoms with Crippen LogP contribution in [-0.2, 0) is 0 Å². The third-order valence-electron chi connectivity index (χ3n) is 3.89. The molecule has 1 aromatic carbocycles. The van der Waals surface area contributed by atoms with Gasteiger partial charge in [-0.3, -0.25) is 0 Å². The van der Waals surface area contributed by atoms with Crippen molar-refractivity contribution in [1.29, 1.82) is 0 Å². The smallest absolute Gasteiger partial charge is 0.00560 e. The summed E-state index contributed by atoms with van der Waals surface area (Å²) in [7, 11) is 0. The molecule has 1 aromatic rings. The highest BCUT2D eigenvalue weighted by atomic mass is 14.2. The standard InChI is InChI=1S/C19H20/c1-15-12-18(16-8-4-2-5-9-16)14-19(13-15)17-10-6-3-7-11-17/h2-6,8,10,12-14,16H,7,9,11H2,1H3. The van der Waals surface area contributed by atoms with Crippen molar-refractivity contribution in [2.75, 3.05) is 0 Å². The van der Waals surface area contributed by atoms with E-state index in [4.69, 9.17) is 0 Å². The Balaban J connectivity index is 1.96. The van der Waals surface area contributed by atoms with Crippen LogP contribution in [0.25, 0.3) is 5.57 Å². The summed E-state index contributed by atoms with van der Waals surface area (Å²) < 4.78 is 0. The lowest BCUT2D eigenvalue weighted by Crippen LogP contribution is -1.99. The van der Waals surface area contributed by atoms with Crippen LogP contribution in [-0.4, -0.2) is 0 Å². The first-order chi connectivity index (χ1) is 9.33. The van der Waals surface area contributed by atoms with Crippen molar-refractivity contribution in [3.8, 4) is 0 Å². The van der Waals surface area contributed by atoms with Gasteiger partial charge in [-0.2, -0.15) is 0 Å². The summed E-state index contributed by atoms with van der Waals surface area (Å²) in [6, 6.07) is 7.03. The Morgan fingerprint density at radius 2 is 1.95 bits per heavy atom. The summed E-state index contributed by atoms with van der Waals surface area (Å²) in [6.07, 6.45) is 19.0. The molecule has 0 fully saturated rings. The first kappa shape index (κ1) is 12.2. The Kier molecular flexibility index (Phi) is 3.50. The Hall–Kier alpha value is -1.82. The number of aryl methyl sites for hydroxylation is 1. The summed E-state index contributed by atoms with van der Waals surface area (Å²) in [5.41, 5.74) is 5.70. The molecule has 0 aromatic heterocycles. The molecule has 0 heteroatoms. The van der Waals surface area contributed by atoms with E-state index in [1.165, 1.54) is 35.1 Å². The van der Waals surface area contributed by atoms with Crippen LogP contribution in [0.5, 0.6) is 0 Å². The molecule has 0 aliphatic heterocycles. The van der Waals surface area contributed by atoms with Gasteiger partial charge in [0, 0.05) is 5.92 Å². The number of hydrogen-bond acceptors (Lipinski definition) is 0. The van der Waals surface area contributed by atoms with Gasteiger partial charge in [-0.25, -0.2) is 0 Å². The predicted molar refractivity (Wildman–Crippen MR) is 83.2 cm³/mol. The predicted octanol–water partition coefficient (Wildman–Crippen LogP) is 5.33. The second-order valence-electron chi connectivity index (χ2n) is 5.45. The van der Waals surface area contributed by atoms with E-state index in [9.17, 15) is 0 Å². The zero-order chi connectivity index (χ0) is 13.1. The fourth-order valence-electron chi connectivity index (χ4n) is 2.88. The number of benzene rings is 1. The molecule has 1 atom stereocenters. The number of allylic oxidation sites excluding steroid dienone is 8. The molecule has 0 bridgehead atoms. The quantitative estimate of drug-likeness (QED) is 0.663. The fraction of sp³-hybridized carbons (Fsp3) is 0.263. The minimum Gasteiger partial charge on any atom is -0.0842 e. The van der Waals surface area contributed by atoms with E-state index < -0.39 is 0 Å². The molecule has 3 rings (SSSR count). The highest BCUT2D eigenvalue weighted by Gasteiger charge is 2.11. The van der Waals surface area contributed by atoms with E-state index in [0.29, 0.717) is 5.92 Å². The number of rotatable bonds is 2. The van der Waals surface area contributed by atoms with Crippen LogP contribution in [0.3, 0.4) is 0 Å². The van der Waals surface area contributed by atoms with Crippen LogP contribution in [0.1, 0.15) is 41.9 Å². The average molecular weight is 248 g/mol. The van der Waals surface area contributed by atoms with E-state index in [2.05, 4.69) is 67.7 Å². The Bertz CT molecular complexity index is 582. The van der Waals surface area contributed by atoms with Gasteiger partial charge in [0.15, 0.2) is 0 Å². The first-order valence-corrected chi connectivity index (χ1v) is 7.14. The van der Waals surface area contributed by atoms with Crippen LogP contribution >= 0.6 is 0 Å². The van der Waals surface area contributed by atoms with Crippen molar-refractivity contribution < 1.29 is 0 Å². The number of hydrogen-bond donors (Lipinski definition) is 0. The molecule has 0 spiro atoms. The lowest BCUT2D eigenvalue weighted by atomic mass is 9.87. The van der Waals surface area contributed by atoms with Gasteiger partial charge < -0.3 is 0 Å². The van der Waals surface area contributed by atoms with E-state index >= 15 is 0 Å². The summed E-state index contributed by atoms with van der Waals surface area (Å²) in [6.45, 7) is 2.20. The van der Waals surface area contributed by atoms with Crippen LogP contribution in [0.15, 0.2) is 60.7 Å². The van der Waals surface area contributed by atoms with Crippen molar-refractivity contribution in [1.82, 2.24) is 0 Å². The SMILES string of the molecule is Cc1cc(C2=CC=CCC2)cc(C2C=CC=CC2)c1.